The molecule has 1 saturated heterocycles. The number of benzene rings is 1. The minimum atomic E-state index is 0.685. The summed E-state index contributed by atoms with van der Waals surface area (Å²) in [5.74, 6) is 2.41. The van der Waals surface area contributed by atoms with Crippen LogP contribution in [0.3, 0.4) is 0 Å². The molecule has 5 nitrogen and oxygen atoms in total. The van der Waals surface area contributed by atoms with E-state index in [1.807, 2.05) is 6.07 Å². The Morgan fingerprint density at radius 3 is 2.81 bits per heavy atom. The lowest BCUT2D eigenvalue weighted by Crippen LogP contribution is -2.44. The lowest BCUT2D eigenvalue weighted by Gasteiger charge is -2.27. The van der Waals surface area contributed by atoms with Gasteiger partial charge in [0.2, 0.25) is 5.75 Å². The Hall–Kier alpha value is -1.46. The van der Waals surface area contributed by atoms with Crippen LogP contribution >= 0.6 is 0 Å². The van der Waals surface area contributed by atoms with Gasteiger partial charge in [-0.2, -0.15) is 0 Å². The van der Waals surface area contributed by atoms with E-state index >= 15 is 0 Å². The number of rotatable bonds is 4. The fourth-order valence-corrected chi connectivity index (χ4v) is 2.88. The van der Waals surface area contributed by atoms with Gasteiger partial charge in [0.25, 0.3) is 0 Å². The number of nitrogens with zero attached hydrogens (tertiary/aromatic N) is 1. The lowest BCUT2D eigenvalue weighted by atomic mass is 10.1. The normalized spacial score (nSPS) is 19.1. The van der Waals surface area contributed by atoms with Gasteiger partial charge in [0, 0.05) is 39.1 Å². The second kappa shape index (κ2) is 7.00. The highest BCUT2D eigenvalue weighted by Gasteiger charge is 2.19. The summed E-state index contributed by atoms with van der Waals surface area (Å²) >= 11 is 0. The minimum Gasteiger partial charge on any atom is -0.492 e. The quantitative estimate of drug-likeness (QED) is 0.906. The molecule has 2 aliphatic heterocycles. The average molecular weight is 292 g/mol. The van der Waals surface area contributed by atoms with E-state index in [4.69, 9.17) is 14.2 Å². The predicted octanol–water partition coefficient (Wildman–Crippen LogP) is 1.30. The largest absolute Gasteiger partial charge is 0.492 e. The van der Waals surface area contributed by atoms with Crippen molar-refractivity contribution in [2.24, 2.45) is 0 Å². The second-order valence-corrected chi connectivity index (χ2v) is 5.48. The van der Waals surface area contributed by atoms with Crippen LogP contribution in [0.5, 0.6) is 17.2 Å². The summed E-state index contributed by atoms with van der Waals surface area (Å²) in [5, 5.41) is 3.38. The summed E-state index contributed by atoms with van der Waals surface area (Å²) in [4.78, 5) is 2.49. The van der Waals surface area contributed by atoms with E-state index in [2.05, 4.69) is 16.3 Å². The molecule has 0 saturated carbocycles. The summed E-state index contributed by atoms with van der Waals surface area (Å²) < 4.78 is 17.1. The van der Waals surface area contributed by atoms with Crippen molar-refractivity contribution in [1.29, 1.82) is 0 Å². The van der Waals surface area contributed by atoms with Crippen molar-refractivity contribution in [3.05, 3.63) is 17.7 Å². The molecule has 2 aliphatic rings. The highest BCUT2D eigenvalue weighted by atomic mass is 16.5. The van der Waals surface area contributed by atoms with Crippen LogP contribution in [0, 0.1) is 0 Å². The number of nitrogens with one attached hydrogen (secondary N) is 1. The first-order valence-electron chi connectivity index (χ1n) is 7.77. The molecule has 0 amide bonds. The summed E-state index contributed by atoms with van der Waals surface area (Å²) in [6, 6.07) is 4.12. The van der Waals surface area contributed by atoms with Crippen LogP contribution < -0.4 is 19.5 Å². The van der Waals surface area contributed by atoms with Gasteiger partial charge in [0.1, 0.15) is 0 Å². The van der Waals surface area contributed by atoms with Crippen LogP contribution in [0.25, 0.3) is 0 Å². The molecule has 21 heavy (non-hydrogen) atoms. The molecule has 0 unspecified atom stereocenters. The van der Waals surface area contributed by atoms with E-state index in [1.54, 1.807) is 7.11 Å². The molecule has 116 valence electrons. The fourth-order valence-electron chi connectivity index (χ4n) is 2.88. The van der Waals surface area contributed by atoms with Crippen molar-refractivity contribution in [3.8, 4) is 17.2 Å². The number of hydrogen-bond acceptors (Lipinski definition) is 5. The molecule has 3 rings (SSSR count). The molecule has 0 aromatic heterocycles. The Kier molecular flexibility index (Phi) is 4.83. The van der Waals surface area contributed by atoms with Crippen LogP contribution in [0.4, 0.5) is 0 Å². The molecule has 1 aromatic rings. The second-order valence-electron chi connectivity index (χ2n) is 5.48. The standard InChI is InChI=1S/C16H24N2O3/c1-19-15-13(5-8-18-9-6-17-7-10-18)3-4-14-16(15)21-12-2-11-20-14/h3-4,17H,2,5-12H2,1H3. The first-order valence-corrected chi connectivity index (χ1v) is 7.77. The van der Waals surface area contributed by atoms with Crippen LogP contribution in [0.15, 0.2) is 12.1 Å². The SMILES string of the molecule is COc1c(CCN2CCNCC2)ccc2c1OCCCO2. The fraction of sp³-hybridized carbons (Fsp3) is 0.625. The molecule has 0 bridgehead atoms. The van der Waals surface area contributed by atoms with Gasteiger partial charge in [-0.15, -0.1) is 0 Å². The van der Waals surface area contributed by atoms with Gasteiger partial charge in [0.15, 0.2) is 11.5 Å². The minimum absolute atomic E-state index is 0.685. The summed E-state index contributed by atoms with van der Waals surface area (Å²) in [5.41, 5.74) is 1.19. The number of piperazine rings is 1. The van der Waals surface area contributed by atoms with Gasteiger partial charge in [-0.25, -0.2) is 0 Å². The van der Waals surface area contributed by atoms with Crippen LogP contribution in [0.2, 0.25) is 0 Å². The van der Waals surface area contributed by atoms with E-state index < -0.39 is 0 Å². The Morgan fingerprint density at radius 1 is 1.19 bits per heavy atom. The van der Waals surface area contributed by atoms with Gasteiger partial charge < -0.3 is 24.4 Å². The van der Waals surface area contributed by atoms with Gasteiger partial charge in [-0.1, -0.05) is 6.07 Å². The highest BCUT2D eigenvalue weighted by molar-refractivity contribution is 5.56. The van der Waals surface area contributed by atoms with E-state index in [1.165, 1.54) is 5.56 Å². The molecule has 0 spiro atoms. The zero-order valence-electron chi connectivity index (χ0n) is 12.7. The van der Waals surface area contributed by atoms with Crippen molar-refractivity contribution >= 4 is 0 Å². The van der Waals surface area contributed by atoms with Gasteiger partial charge in [-0.05, 0) is 18.1 Å². The number of fused-ring (bicyclic) bond motifs is 1. The van der Waals surface area contributed by atoms with Crippen molar-refractivity contribution in [2.75, 3.05) is 53.0 Å². The Morgan fingerprint density at radius 2 is 2.00 bits per heavy atom. The van der Waals surface area contributed by atoms with Gasteiger partial charge >= 0.3 is 0 Å². The zero-order valence-corrected chi connectivity index (χ0v) is 12.7. The predicted molar refractivity (Wildman–Crippen MR) is 81.6 cm³/mol. The molecule has 0 aliphatic carbocycles. The Labute approximate surface area is 126 Å². The van der Waals surface area contributed by atoms with Crippen LogP contribution in [0.1, 0.15) is 12.0 Å². The number of hydrogen-bond donors (Lipinski definition) is 1. The summed E-state index contributed by atoms with van der Waals surface area (Å²) in [6.45, 7) is 6.84. The summed E-state index contributed by atoms with van der Waals surface area (Å²) in [7, 11) is 1.71. The van der Waals surface area contributed by atoms with E-state index in [0.29, 0.717) is 13.2 Å². The Bertz CT molecular complexity index is 473. The molecule has 5 heteroatoms. The summed E-state index contributed by atoms with van der Waals surface area (Å²) in [6.07, 6.45) is 1.88. The van der Waals surface area contributed by atoms with Gasteiger partial charge in [-0.3, -0.25) is 0 Å². The van der Waals surface area contributed by atoms with Crippen LogP contribution in [-0.2, 0) is 6.42 Å². The van der Waals surface area contributed by atoms with Crippen LogP contribution in [-0.4, -0.2) is 57.9 Å². The number of ether oxygens (including phenoxy) is 3. The third-order valence-corrected chi connectivity index (χ3v) is 4.06. The van der Waals surface area contributed by atoms with Crippen molar-refractivity contribution < 1.29 is 14.2 Å². The number of methoxy groups -OCH3 is 1. The smallest absolute Gasteiger partial charge is 0.203 e. The first kappa shape index (κ1) is 14.5. The van der Waals surface area contributed by atoms with E-state index in [0.717, 1.165) is 62.8 Å². The molecular weight excluding hydrogens is 268 g/mol. The molecule has 2 heterocycles. The molecular formula is C16H24N2O3. The maximum Gasteiger partial charge on any atom is 0.203 e. The first-order chi connectivity index (χ1) is 10.4. The average Bonchev–Trinajstić information content (AvgIpc) is 2.78. The molecule has 1 N–H and O–H groups in total. The molecule has 1 aromatic carbocycles. The zero-order chi connectivity index (χ0) is 14.5. The molecule has 0 atom stereocenters. The highest BCUT2D eigenvalue weighted by Crippen LogP contribution is 2.41. The van der Waals surface area contributed by atoms with Crippen molar-refractivity contribution in [1.82, 2.24) is 10.2 Å². The topological polar surface area (TPSA) is 43.0 Å². The van der Waals surface area contributed by atoms with E-state index in [9.17, 15) is 0 Å². The van der Waals surface area contributed by atoms with E-state index in [-0.39, 0.29) is 0 Å². The monoisotopic (exact) mass is 292 g/mol. The molecule has 1 fully saturated rings. The molecule has 0 radical (unpaired) electrons. The van der Waals surface area contributed by atoms with Gasteiger partial charge in [0.05, 0.1) is 20.3 Å². The maximum atomic E-state index is 5.83. The third-order valence-electron chi connectivity index (χ3n) is 4.06. The van der Waals surface area contributed by atoms with Crippen molar-refractivity contribution in [2.45, 2.75) is 12.8 Å². The third kappa shape index (κ3) is 3.41. The lowest BCUT2D eigenvalue weighted by molar-refractivity contribution is 0.242. The van der Waals surface area contributed by atoms with Crippen molar-refractivity contribution in [3.63, 3.8) is 0 Å². The maximum absolute atomic E-state index is 5.83. The Balaban J connectivity index is 1.73.